The van der Waals surface area contributed by atoms with Crippen LogP contribution in [-0.2, 0) is 17.8 Å². The molecule has 0 bridgehead atoms. The largest absolute Gasteiger partial charge is 0.361 e. The van der Waals surface area contributed by atoms with Gasteiger partial charge in [0.2, 0.25) is 5.91 Å². The summed E-state index contributed by atoms with van der Waals surface area (Å²) in [5, 5.41) is 11.4. The molecule has 0 saturated carbocycles. The van der Waals surface area contributed by atoms with E-state index >= 15 is 0 Å². The summed E-state index contributed by atoms with van der Waals surface area (Å²) in [5.74, 6) is 1.19. The van der Waals surface area contributed by atoms with Gasteiger partial charge in [0.1, 0.15) is 5.76 Å². The zero-order valence-corrected chi connectivity index (χ0v) is 14.6. The highest BCUT2D eigenvalue weighted by atomic mass is 16.5. The number of aromatic nitrogens is 3. The van der Waals surface area contributed by atoms with Gasteiger partial charge in [0, 0.05) is 30.8 Å². The second-order valence-corrected chi connectivity index (χ2v) is 6.32. The summed E-state index contributed by atoms with van der Waals surface area (Å²) in [7, 11) is 0. The van der Waals surface area contributed by atoms with Crippen molar-refractivity contribution < 1.29 is 9.32 Å². The van der Waals surface area contributed by atoms with E-state index in [1.807, 2.05) is 25.5 Å². The van der Waals surface area contributed by atoms with Crippen molar-refractivity contribution in [1.29, 1.82) is 0 Å². The standard InChI is InChI=1S/C17H26N4O2/c1-11(10-21-13(3)8-12(2)19-21)9-18-17(22)7-6-16-14(4)20-23-15(16)5/h8,11H,6-7,9-10H2,1-5H3,(H,18,22)/t11-/m1/s1. The van der Waals surface area contributed by atoms with Crippen LogP contribution in [0.3, 0.4) is 0 Å². The molecule has 1 amide bonds. The molecule has 126 valence electrons. The van der Waals surface area contributed by atoms with Gasteiger partial charge in [-0.2, -0.15) is 5.10 Å². The third-order valence-electron chi connectivity index (χ3n) is 4.02. The Morgan fingerprint density at radius 3 is 2.65 bits per heavy atom. The average Bonchev–Trinajstić information content (AvgIpc) is 2.97. The van der Waals surface area contributed by atoms with Gasteiger partial charge in [-0.05, 0) is 46.1 Å². The Morgan fingerprint density at radius 2 is 2.09 bits per heavy atom. The molecule has 2 aromatic heterocycles. The third kappa shape index (κ3) is 4.68. The summed E-state index contributed by atoms with van der Waals surface area (Å²) in [6.07, 6.45) is 1.12. The lowest BCUT2D eigenvalue weighted by molar-refractivity contribution is -0.121. The molecule has 0 radical (unpaired) electrons. The summed E-state index contributed by atoms with van der Waals surface area (Å²) in [4.78, 5) is 12.0. The zero-order valence-electron chi connectivity index (χ0n) is 14.6. The molecule has 6 nitrogen and oxygen atoms in total. The Labute approximate surface area is 137 Å². The summed E-state index contributed by atoms with van der Waals surface area (Å²) in [6.45, 7) is 11.4. The van der Waals surface area contributed by atoms with Gasteiger partial charge in [-0.1, -0.05) is 12.1 Å². The molecule has 0 aliphatic heterocycles. The first kappa shape index (κ1) is 17.2. The van der Waals surface area contributed by atoms with Crippen molar-refractivity contribution in [3.8, 4) is 0 Å². The van der Waals surface area contributed by atoms with Crippen LogP contribution < -0.4 is 5.32 Å². The van der Waals surface area contributed by atoms with E-state index in [1.54, 1.807) is 0 Å². The fourth-order valence-electron chi connectivity index (χ4n) is 2.69. The maximum atomic E-state index is 12.0. The van der Waals surface area contributed by atoms with Crippen molar-refractivity contribution in [3.63, 3.8) is 0 Å². The van der Waals surface area contributed by atoms with Crippen molar-refractivity contribution in [2.75, 3.05) is 6.54 Å². The number of carbonyl (C=O) groups excluding carboxylic acids is 1. The van der Waals surface area contributed by atoms with Crippen LogP contribution in [0, 0.1) is 33.6 Å². The zero-order chi connectivity index (χ0) is 17.0. The number of aryl methyl sites for hydroxylation is 4. The first-order chi connectivity index (χ1) is 10.9. The van der Waals surface area contributed by atoms with E-state index in [9.17, 15) is 4.79 Å². The molecule has 1 atom stereocenters. The van der Waals surface area contributed by atoms with Crippen LogP contribution >= 0.6 is 0 Å². The highest BCUT2D eigenvalue weighted by molar-refractivity contribution is 5.76. The van der Waals surface area contributed by atoms with Gasteiger partial charge in [-0.25, -0.2) is 0 Å². The van der Waals surface area contributed by atoms with Crippen molar-refractivity contribution in [1.82, 2.24) is 20.3 Å². The molecular weight excluding hydrogens is 292 g/mol. The summed E-state index contributed by atoms with van der Waals surface area (Å²) >= 11 is 0. The number of hydrogen-bond donors (Lipinski definition) is 1. The van der Waals surface area contributed by atoms with E-state index in [0.717, 1.165) is 35.0 Å². The van der Waals surface area contributed by atoms with Gasteiger partial charge in [0.05, 0.1) is 11.4 Å². The molecule has 2 aromatic rings. The Balaban J connectivity index is 1.74. The maximum absolute atomic E-state index is 12.0. The molecule has 1 N–H and O–H groups in total. The van der Waals surface area contributed by atoms with Gasteiger partial charge in [-0.3, -0.25) is 9.48 Å². The van der Waals surface area contributed by atoms with E-state index in [4.69, 9.17) is 4.52 Å². The Morgan fingerprint density at radius 1 is 1.35 bits per heavy atom. The quantitative estimate of drug-likeness (QED) is 0.851. The molecule has 0 aliphatic carbocycles. The topological polar surface area (TPSA) is 73.0 Å². The Kier molecular flexibility index (Phi) is 5.58. The van der Waals surface area contributed by atoms with Crippen molar-refractivity contribution in [2.45, 2.75) is 54.0 Å². The monoisotopic (exact) mass is 318 g/mol. The van der Waals surface area contributed by atoms with Crippen LogP contribution in [0.1, 0.15) is 41.8 Å². The molecule has 0 aliphatic rings. The van der Waals surface area contributed by atoms with Crippen molar-refractivity contribution >= 4 is 5.91 Å². The van der Waals surface area contributed by atoms with E-state index < -0.39 is 0 Å². The van der Waals surface area contributed by atoms with Crippen molar-refractivity contribution in [3.05, 3.63) is 34.5 Å². The van der Waals surface area contributed by atoms with Crippen molar-refractivity contribution in [2.24, 2.45) is 5.92 Å². The lowest BCUT2D eigenvalue weighted by Gasteiger charge is -2.14. The number of hydrogen-bond acceptors (Lipinski definition) is 4. The predicted octanol–water partition coefficient (Wildman–Crippen LogP) is 2.49. The lowest BCUT2D eigenvalue weighted by Crippen LogP contribution is -2.30. The van der Waals surface area contributed by atoms with E-state index in [1.165, 1.54) is 0 Å². The van der Waals surface area contributed by atoms with Crippen LogP contribution in [0.2, 0.25) is 0 Å². The second kappa shape index (κ2) is 7.44. The number of nitrogens with zero attached hydrogens (tertiary/aromatic N) is 3. The Bertz CT molecular complexity index is 653. The molecule has 2 rings (SSSR count). The van der Waals surface area contributed by atoms with Gasteiger partial charge in [0.25, 0.3) is 0 Å². The summed E-state index contributed by atoms with van der Waals surface area (Å²) in [5.41, 5.74) is 4.08. The summed E-state index contributed by atoms with van der Waals surface area (Å²) in [6, 6.07) is 2.06. The van der Waals surface area contributed by atoms with Crippen LogP contribution in [0.4, 0.5) is 0 Å². The minimum absolute atomic E-state index is 0.0604. The van der Waals surface area contributed by atoms with Crippen LogP contribution in [-0.4, -0.2) is 27.4 Å². The second-order valence-electron chi connectivity index (χ2n) is 6.32. The molecule has 0 saturated heterocycles. The fourth-order valence-corrected chi connectivity index (χ4v) is 2.69. The highest BCUT2D eigenvalue weighted by Gasteiger charge is 2.12. The highest BCUT2D eigenvalue weighted by Crippen LogP contribution is 2.14. The molecule has 0 spiro atoms. The lowest BCUT2D eigenvalue weighted by atomic mass is 10.1. The van der Waals surface area contributed by atoms with E-state index in [2.05, 4.69) is 35.5 Å². The molecule has 0 unspecified atom stereocenters. The molecular formula is C17H26N4O2. The molecule has 0 fully saturated rings. The first-order valence-electron chi connectivity index (χ1n) is 8.06. The number of rotatable bonds is 7. The van der Waals surface area contributed by atoms with E-state index in [-0.39, 0.29) is 5.91 Å². The third-order valence-corrected chi connectivity index (χ3v) is 4.02. The van der Waals surface area contributed by atoms with Gasteiger partial charge < -0.3 is 9.84 Å². The first-order valence-corrected chi connectivity index (χ1v) is 8.06. The normalized spacial score (nSPS) is 12.4. The predicted molar refractivity (Wildman–Crippen MR) is 88.2 cm³/mol. The van der Waals surface area contributed by atoms with Gasteiger partial charge >= 0.3 is 0 Å². The number of amides is 1. The maximum Gasteiger partial charge on any atom is 0.220 e. The van der Waals surface area contributed by atoms with Crippen LogP contribution in [0.15, 0.2) is 10.6 Å². The summed E-state index contributed by atoms with van der Waals surface area (Å²) < 4.78 is 7.11. The van der Waals surface area contributed by atoms with Gasteiger partial charge in [-0.15, -0.1) is 0 Å². The van der Waals surface area contributed by atoms with E-state index in [0.29, 0.717) is 25.3 Å². The average molecular weight is 318 g/mol. The molecule has 2 heterocycles. The minimum Gasteiger partial charge on any atom is -0.361 e. The molecule has 6 heteroatoms. The minimum atomic E-state index is 0.0604. The number of carbonyl (C=O) groups is 1. The Hall–Kier alpha value is -2.11. The number of nitrogens with one attached hydrogen (secondary N) is 1. The molecule has 0 aromatic carbocycles. The fraction of sp³-hybridized carbons (Fsp3) is 0.588. The van der Waals surface area contributed by atoms with Crippen LogP contribution in [0.5, 0.6) is 0 Å². The molecule has 23 heavy (non-hydrogen) atoms. The van der Waals surface area contributed by atoms with Crippen LogP contribution in [0.25, 0.3) is 0 Å². The van der Waals surface area contributed by atoms with Gasteiger partial charge in [0.15, 0.2) is 0 Å². The SMILES string of the molecule is Cc1cc(C)n(C[C@H](C)CNC(=O)CCc2c(C)noc2C)n1. The smallest absolute Gasteiger partial charge is 0.220 e.